The monoisotopic (exact) mass is 395 g/mol. The maximum atomic E-state index is 12.9. The van der Waals surface area contributed by atoms with E-state index in [-0.39, 0.29) is 36.8 Å². The summed E-state index contributed by atoms with van der Waals surface area (Å²) in [6, 6.07) is 2.56. The molecule has 2 aliphatic carbocycles. The Morgan fingerprint density at radius 3 is 2.26 bits per heavy atom. The number of fused-ring (bicyclic) bond motifs is 2. The van der Waals surface area contributed by atoms with Gasteiger partial charge in [0.2, 0.25) is 10.0 Å². The Hall–Kier alpha value is -0.000000000000000111. The molecule has 2 fully saturated rings. The van der Waals surface area contributed by atoms with E-state index in [1.807, 2.05) is 0 Å². The number of hydrogen-bond donors (Lipinski definition) is 1. The van der Waals surface area contributed by atoms with Gasteiger partial charge in [0.25, 0.3) is 0 Å². The van der Waals surface area contributed by atoms with Gasteiger partial charge in [-0.15, -0.1) is 0 Å². The zero-order valence-corrected chi connectivity index (χ0v) is 16.4. The van der Waals surface area contributed by atoms with Crippen molar-refractivity contribution in [3.05, 3.63) is 27.2 Å². The molecule has 3 unspecified atom stereocenters. The Morgan fingerprint density at radius 1 is 1.09 bits per heavy atom. The van der Waals surface area contributed by atoms with Gasteiger partial charge in [0.05, 0.1) is 15.1 Å². The Labute approximate surface area is 152 Å². The van der Waals surface area contributed by atoms with E-state index in [0.29, 0.717) is 5.92 Å². The van der Waals surface area contributed by atoms with Crippen LogP contribution in [0.25, 0.3) is 0 Å². The summed E-state index contributed by atoms with van der Waals surface area (Å²) in [5, 5.41) is 0.496. The summed E-state index contributed by atoms with van der Waals surface area (Å²) in [7, 11) is -3.77. The van der Waals surface area contributed by atoms with Gasteiger partial charge in [-0.2, -0.15) is 0 Å². The lowest BCUT2D eigenvalue weighted by atomic mass is 9.69. The smallest absolute Gasteiger partial charge is 0.207 e. The van der Waals surface area contributed by atoms with Crippen molar-refractivity contribution in [2.45, 2.75) is 51.0 Å². The van der Waals surface area contributed by atoms with Crippen LogP contribution < -0.4 is 4.72 Å². The first kappa shape index (κ1) is 17.8. The molecule has 1 N–H and O–H groups in total. The molecule has 2 aliphatic rings. The molecular formula is C16H20Cl3NO2S. The molecule has 0 spiro atoms. The molecule has 7 heteroatoms. The minimum atomic E-state index is -3.77. The molecule has 0 heterocycles. The Morgan fingerprint density at radius 2 is 1.70 bits per heavy atom. The quantitative estimate of drug-likeness (QED) is 0.719. The number of nitrogens with one attached hydrogen (secondary N) is 1. The van der Waals surface area contributed by atoms with E-state index in [1.54, 1.807) is 0 Å². The molecule has 0 amide bonds. The topological polar surface area (TPSA) is 46.2 Å². The van der Waals surface area contributed by atoms with Crippen LogP contribution >= 0.6 is 34.8 Å². The number of sulfonamides is 1. The molecule has 3 nitrogen and oxygen atoms in total. The normalized spacial score (nSPS) is 32.4. The maximum Gasteiger partial charge on any atom is 0.242 e. The van der Waals surface area contributed by atoms with E-state index in [4.69, 9.17) is 34.8 Å². The highest BCUT2D eigenvalue weighted by atomic mass is 35.5. The maximum absolute atomic E-state index is 12.9. The molecule has 128 valence electrons. The molecule has 1 aromatic rings. The number of benzene rings is 1. The van der Waals surface area contributed by atoms with Crippen LogP contribution in [0.4, 0.5) is 0 Å². The standard InChI is InChI=1S/C16H20Cl3NO2S/c1-15(2)9-4-5-16(3,8-9)14(15)20-23(21,22)13-7-11(18)10(17)6-12(13)19/h6-7,9,14,20H,4-5,8H2,1-3H3. The Bertz CT molecular complexity index is 758. The molecule has 23 heavy (non-hydrogen) atoms. The summed E-state index contributed by atoms with van der Waals surface area (Å²) in [6.07, 6.45) is 3.26. The average molecular weight is 397 g/mol. The SMILES string of the molecule is CC12CCC(C1)C(C)(C)C2NS(=O)(=O)c1cc(Cl)c(Cl)cc1Cl. The first-order valence-corrected chi connectivity index (χ1v) is 10.3. The van der Waals surface area contributed by atoms with E-state index >= 15 is 0 Å². The van der Waals surface area contributed by atoms with Gasteiger partial charge in [0.1, 0.15) is 4.90 Å². The average Bonchev–Trinajstić information content (AvgIpc) is 2.90. The lowest BCUT2D eigenvalue weighted by molar-refractivity contribution is 0.127. The van der Waals surface area contributed by atoms with Crippen LogP contribution in [-0.4, -0.2) is 14.5 Å². The molecule has 2 bridgehead atoms. The second-order valence-corrected chi connectivity index (χ2v) is 10.6. The highest BCUT2D eigenvalue weighted by Gasteiger charge is 2.60. The van der Waals surface area contributed by atoms with Gasteiger partial charge in [-0.25, -0.2) is 13.1 Å². The van der Waals surface area contributed by atoms with Crippen molar-refractivity contribution in [2.24, 2.45) is 16.7 Å². The molecule has 3 atom stereocenters. The van der Waals surface area contributed by atoms with Crippen molar-refractivity contribution in [1.29, 1.82) is 0 Å². The second-order valence-electron chi connectivity index (χ2n) is 7.67. The molecule has 0 aromatic heterocycles. The minimum absolute atomic E-state index is 0.00999. The van der Waals surface area contributed by atoms with Crippen LogP contribution in [0.5, 0.6) is 0 Å². The van der Waals surface area contributed by atoms with Crippen molar-refractivity contribution in [3.63, 3.8) is 0 Å². The van der Waals surface area contributed by atoms with E-state index in [1.165, 1.54) is 12.1 Å². The Kier molecular flexibility index (Phi) is 4.26. The third-order valence-corrected chi connectivity index (χ3v) is 8.42. The number of rotatable bonds is 3. The van der Waals surface area contributed by atoms with Gasteiger partial charge < -0.3 is 0 Å². The van der Waals surface area contributed by atoms with E-state index in [2.05, 4.69) is 25.5 Å². The third-order valence-electron chi connectivity index (χ3n) is 5.81. The number of hydrogen-bond acceptors (Lipinski definition) is 2. The molecule has 2 saturated carbocycles. The molecular weight excluding hydrogens is 377 g/mol. The van der Waals surface area contributed by atoms with Crippen LogP contribution in [0.15, 0.2) is 17.0 Å². The molecule has 1 aromatic carbocycles. The minimum Gasteiger partial charge on any atom is -0.207 e. The number of halogens is 3. The molecule has 3 rings (SSSR count). The summed E-state index contributed by atoms with van der Waals surface area (Å²) in [5.74, 6) is 0.546. The van der Waals surface area contributed by atoms with Gasteiger partial charge >= 0.3 is 0 Å². The fraction of sp³-hybridized carbons (Fsp3) is 0.625. The largest absolute Gasteiger partial charge is 0.242 e. The van der Waals surface area contributed by atoms with Gasteiger partial charge in [0, 0.05) is 6.04 Å². The fourth-order valence-electron chi connectivity index (χ4n) is 4.53. The van der Waals surface area contributed by atoms with Crippen molar-refractivity contribution >= 4 is 44.8 Å². The summed E-state index contributed by atoms with van der Waals surface area (Å²) in [5.41, 5.74) is -0.0906. The van der Waals surface area contributed by atoms with Crippen LogP contribution in [0.2, 0.25) is 15.1 Å². The predicted octanol–water partition coefficient (Wildman–Crippen LogP) is 5.14. The first-order chi connectivity index (χ1) is 10.5. The van der Waals surface area contributed by atoms with E-state index in [0.717, 1.165) is 19.3 Å². The van der Waals surface area contributed by atoms with Gasteiger partial charge in [-0.05, 0) is 48.1 Å². The van der Waals surface area contributed by atoms with Gasteiger partial charge in [-0.3, -0.25) is 0 Å². The van der Waals surface area contributed by atoms with Crippen molar-refractivity contribution in [3.8, 4) is 0 Å². The van der Waals surface area contributed by atoms with Gasteiger partial charge in [-0.1, -0.05) is 55.6 Å². The van der Waals surface area contributed by atoms with Crippen molar-refractivity contribution in [2.75, 3.05) is 0 Å². The first-order valence-electron chi connectivity index (χ1n) is 7.64. The zero-order valence-electron chi connectivity index (χ0n) is 13.3. The second kappa shape index (κ2) is 5.50. The summed E-state index contributed by atoms with van der Waals surface area (Å²) in [4.78, 5) is -0.0178. The lowest BCUT2D eigenvalue weighted by Gasteiger charge is -2.42. The van der Waals surface area contributed by atoms with Crippen LogP contribution in [0.3, 0.4) is 0 Å². The highest BCUT2D eigenvalue weighted by molar-refractivity contribution is 7.89. The molecule has 0 radical (unpaired) electrons. The predicted molar refractivity (Wildman–Crippen MR) is 94.8 cm³/mol. The summed E-state index contributed by atoms with van der Waals surface area (Å²) >= 11 is 18.0. The summed E-state index contributed by atoms with van der Waals surface area (Å²) < 4.78 is 28.7. The third kappa shape index (κ3) is 2.81. The fourth-order valence-corrected chi connectivity index (χ4v) is 7.06. The van der Waals surface area contributed by atoms with E-state index in [9.17, 15) is 8.42 Å². The Balaban J connectivity index is 1.98. The molecule has 0 saturated heterocycles. The van der Waals surface area contributed by atoms with Crippen molar-refractivity contribution in [1.82, 2.24) is 4.72 Å². The van der Waals surface area contributed by atoms with Crippen LogP contribution in [0, 0.1) is 16.7 Å². The zero-order chi connectivity index (χ0) is 17.2. The van der Waals surface area contributed by atoms with Gasteiger partial charge in [0.15, 0.2) is 0 Å². The van der Waals surface area contributed by atoms with E-state index < -0.39 is 10.0 Å². The summed E-state index contributed by atoms with van der Waals surface area (Å²) in [6.45, 7) is 6.46. The lowest BCUT2D eigenvalue weighted by Crippen LogP contribution is -2.52. The highest BCUT2D eigenvalue weighted by Crippen LogP contribution is 2.62. The van der Waals surface area contributed by atoms with Crippen LogP contribution in [-0.2, 0) is 10.0 Å². The molecule has 0 aliphatic heterocycles. The van der Waals surface area contributed by atoms with Crippen molar-refractivity contribution < 1.29 is 8.42 Å². The van der Waals surface area contributed by atoms with Crippen LogP contribution in [0.1, 0.15) is 40.0 Å².